The lowest BCUT2D eigenvalue weighted by atomic mass is 10.0. The highest BCUT2D eigenvalue weighted by molar-refractivity contribution is 6.12. The second-order valence-electron chi connectivity index (χ2n) is 4.41. The highest BCUT2D eigenvalue weighted by atomic mass is 14.9. The second-order valence-corrected chi connectivity index (χ2v) is 4.41. The van der Waals surface area contributed by atoms with E-state index in [0.717, 1.165) is 12.2 Å². The molecule has 3 N–H and O–H groups in total. The van der Waals surface area contributed by atoms with E-state index in [1.54, 1.807) is 0 Å². The summed E-state index contributed by atoms with van der Waals surface area (Å²) in [6, 6.07) is 19.2. The lowest BCUT2D eigenvalue weighted by Gasteiger charge is -2.11. The molecular formula is C16H16N2. The molecule has 0 radical (unpaired) electrons. The van der Waals surface area contributed by atoms with Gasteiger partial charge < -0.3 is 11.1 Å². The first-order valence-corrected chi connectivity index (χ1v) is 6.24. The minimum atomic E-state index is 0.640. The average Bonchev–Trinajstić information content (AvgIpc) is 2.45. The molecule has 0 unspecified atom stereocenters. The molecule has 3 aromatic rings. The Bertz CT molecular complexity index is 689. The summed E-state index contributed by atoms with van der Waals surface area (Å²) in [5.41, 5.74) is 6.73. The number of anilines is 1. The van der Waals surface area contributed by atoms with Crippen LogP contribution >= 0.6 is 0 Å². The molecule has 0 spiro atoms. The van der Waals surface area contributed by atoms with Crippen LogP contribution in [0.1, 0.15) is 0 Å². The van der Waals surface area contributed by atoms with E-state index in [1.807, 2.05) is 0 Å². The standard InChI is InChI=1S/C16H16N2/c17-9-10-18-16-11-12-5-1-2-6-13(12)14-7-3-4-8-15(14)16/h1-8,11,18H,9-10,17H2. The summed E-state index contributed by atoms with van der Waals surface area (Å²) in [5, 5.41) is 8.50. The third-order valence-electron chi connectivity index (χ3n) is 3.23. The van der Waals surface area contributed by atoms with E-state index in [1.165, 1.54) is 21.5 Å². The summed E-state index contributed by atoms with van der Waals surface area (Å²) < 4.78 is 0. The molecule has 0 aliphatic carbocycles. The van der Waals surface area contributed by atoms with Gasteiger partial charge in [-0.05, 0) is 22.2 Å². The fourth-order valence-electron chi connectivity index (χ4n) is 2.41. The van der Waals surface area contributed by atoms with Crippen molar-refractivity contribution in [3.63, 3.8) is 0 Å². The van der Waals surface area contributed by atoms with E-state index in [9.17, 15) is 0 Å². The first-order chi connectivity index (χ1) is 8.90. The van der Waals surface area contributed by atoms with Crippen LogP contribution in [0.2, 0.25) is 0 Å². The molecule has 0 amide bonds. The summed E-state index contributed by atoms with van der Waals surface area (Å²) in [4.78, 5) is 0. The van der Waals surface area contributed by atoms with Gasteiger partial charge in [0.25, 0.3) is 0 Å². The van der Waals surface area contributed by atoms with Crippen molar-refractivity contribution >= 4 is 27.2 Å². The zero-order chi connectivity index (χ0) is 12.4. The Morgan fingerprint density at radius 2 is 1.50 bits per heavy atom. The van der Waals surface area contributed by atoms with E-state index in [-0.39, 0.29) is 0 Å². The molecule has 0 saturated carbocycles. The average molecular weight is 236 g/mol. The minimum absolute atomic E-state index is 0.640. The molecule has 0 bridgehead atoms. The van der Waals surface area contributed by atoms with Gasteiger partial charge in [-0.3, -0.25) is 0 Å². The first kappa shape index (κ1) is 11.1. The zero-order valence-electron chi connectivity index (χ0n) is 10.2. The highest BCUT2D eigenvalue weighted by Gasteiger charge is 2.04. The zero-order valence-corrected chi connectivity index (χ0v) is 10.2. The molecule has 0 heterocycles. The third kappa shape index (κ3) is 1.81. The molecular weight excluding hydrogens is 220 g/mol. The van der Waals surface area contributed by atoms with Crippen LogP contribution in [-0.2, 0) is 0 Å². The molecule has 0 saturated heterocycles. The van der Waals surface area contributed by atoms with Crippen molar-refractivity contribution in [3.8, 4) is 0 Å². The van der Waals surface area contributed by atoms with E-state index in [2.05, 4.69) is 59.9 Å². The molecule has 18 heavy (non-hydrogen) atoms. The lowest BCUT2D eigenvalue weighted by Crippen LogP contribution is -2.13. The molecule has 0 fully saturated rings. The Morgan fingerprint density at radius 3 is 2.28 bits per heavy atom. The van der Waals surface area contributed by atoms with Gasteiger partial charge in [0.2, 0.25) is 0 Å². The molecule has 90 valence electrons. The maximum absolute atomic E-state index is 5.57. The Hall–Kier alpha value is -2.06. The van der Waals surface area contributed by atoms with Crippen molar-refractivity contribution in [3.05, 3.63) is 54.6 Å². The maximum atomic E-state index is 5.57. The molecule has 0 atom stereocenters. The van der Waals surface area contributed by atoms with Crippen molar-refractivity contribution in [1.82, 2.24) is 0 Å². The molecule has 0 aliphatic heterocycles. The van der Waals surface area contributed by atoms with Crippen molar-refractivity contribution in [2.75, 3.05) is 18.4 Å². The summed E-state index contributed by atoms with van der Waals surface area (Å²) in [6.07, 6.45) is 0. The minimum Gasteiger partial charge on any atom is -0.383 e. The van der Waals surface area contributed by atoms with Crippen molar-refractivity contribution < 1.29 is 0 Å². The van der Waals surface area contributed by atoms with Gasteiger partial charge in [-0.2, -0.15) is 0 Å². The van der Waals surface area contributed by atoms with Crippen LogP contribution in [0, 0.1) is 0 Å². The number of nitrogens with one attached hydrogen (secondary N) is 1. The van der Waals surface area contributed by atoms with Crippen LogP contribution in [-0.4, -0.2) is 13.1 Å². The highest BCUT2D eigenvalue weighted by Crippen LogP contribution is 2.31. The number of rotatable bonds is 3. The van der Waals surface area contributed by atoms with Crippen LogP contribution in [0.25, 0.3) is 21.5 Å². The fourth-order valence-corrected chi connectivity index (χ4v) is 2.41. The van der Waals surface area contributed by atoms with Gasteiger partial charge in [0.05, 0.1) is 0 Å². The van der Waals surface area contributed by atoms with Gasteiger partial charge >= 0.3 is 0 Å². The van der Waals surface area contributed by atoms with Gasteiger partial charge in [-0.25, -0.2) is 0 Å². The van der Waals surface area contributed by atoms with E-state index in [4.69, 9.17) is 5.73 Å². The van der Waals surface area contributed by atoms with Gasteiger partial charge in [-0.15, -0.1) is 0 Å². The summed E-state index contributed by atoms with van der Waals surface area (Å²) in [6.45, 7) is 1.43. The lowest BCUT2D eigenvalue weighted by molar-refractivity contribution is 1.03. The third-order valence-corrected chi connectivity index (χ3v) is 3.23. The van der Waals surface area contributed by atoms with E-state index < -0.39 is 0 Å². The predicted octanol–water partition coefficient (Wildman–Crippen LogP) is 3.36. The SMILES string of the molecule is NCCNc1cc2ccccc2c2ccccc12. The smallest absolute Gasteiger partial charge is 0.0426 e. The largest absolute Gasteiger partial charge is 0.383 e. The maximum Gasteiger partial charge on any atom is 0.0426 e. The Kier molecular flexibility index (Phi) is 2.87. The van der Waals surface area contributed by atoms with E-state index >= 15 is 0 Å². The van der Waals surface area contributed by atoms with Gasteiger partial charge in [0, 0.05) is 24.2 Å². The van der Waals surface area contributed by atoms with Gasteiger partial charge in [-0.1, -0.05) is 48.5 Å². The molecule has 3 aromatic carbocycles. The number of hydrogen-bond acceptors (Lipinski definition) is 2. The van der Waals surface area contributed by atoms with Crippen LogP contribution in [0.5, 0.6) is 0 Å². The Balaban J connectivity index is 2.32. The molecule has 2 nitrogen and oxygen atoms in total. The fraction of sp³-hybridized carbons (Fsp3) is 0.125. The molecule has 0 aromatic heterocycles. The quantitative estimate of drug-likeness (QED) is 0.684. The molecule has 0 aliphatic rings. The van der Waals surface area contributed by atoms with Gasteiger partial charge in [0.15, 0.2) is 0 Å². The number of benzene rings is 3. The summed E-state index contributed by atoms with van der Waals surface area (Å²) in [7, 11) is 0. The van der Waals surface area contributed by atoms with Crippen LogP contribution in [0.3, 0.4) is 0 Å². The first-order valence-electron chi connectivity index (χ1n) is 6.24. The number of fused-ring (bicyclic) bond motifs is 3. The number of hydrogen-bond donors (Lipinski definition) is 2. The van der Waals surface area contributed by atoms with E-state index in [0.29, 0.717) is 6.54 Å². The topological polar surface area (TPSA) is 38.0 Å². The molecule has 3 rings (SSSR count). The Labute approximate surface area is 106 Å². The Morgan fingerprint density at radius 1 is 0.833 bits per heavy atom. The van der Waals surface area contributed by atoms with Crippen molar-refractivity contribution in [2.45, 2.75) is 0 Å². The second kappa shape index (κ2) is 4.67. The van der Waals surface area contributed by atoms with Crippen LogP contribution in [0.15, 0.2) is 54.6 Å². The monoisotopic (exact) mass is 236 g/mol. The van der Waals surface area contributed by atoms with Crippen molar-refractivity contribution in [1.29, 1.82) is 0 Å². The summed E-state index contributed by atoms with van der Waals surface area (Å²) in [5.74, 6) is 0. The predicted molar refractivity (Wildman–Crippen MR) is 79.0 cm³/mol. The molecule has 2 heteroatoms. The van der Waals surface area contributed by atoms with Crippen LogP contribution < -0.4 is 11.1 Å². The van der Waals surface area contributed by atoms with Crippen LogP contribution in [0.4, 0.5) is 5.69 Å². The normalized spacial score (nSPS) is 10.9. The van der Waals surface area contributed by atoms with Crippen molar-refractivity contribution in [2.24, 2.45) is 5.73 Å². The number of nitrogens with two attached hydrogens (primary N) is 1. The summed E-state index contributed by atoms with van der Waals surface area (Å²) >= 11 is 0. The van der Waals surface area contributed by atoms with Gasteiger partial charge in [0.1, 0.15) is 0 Å².